The van der Waals surface area contributed by atoms with Gasteiger partial charge in [0.2, 0.25) is 0 Å². The molecule has 2 rings (SSSR count). The Labute approximate surface area is 72.8 Å². The lowest BCUT2D eigenvalue weighted by atomic mass is 10.3. The summed E-state index contributed by atoms with van der Waals surface area (Å²) in [4.78, 5) is 0. The minimum atomic E-state index is 0.927. The maximum Gasteiger partial charge on any atom is 0.0403 e. The molecule has 1 aliphatic rings. The van der Waals surface area contributed by atoms with Crippen LogP contribution in [0.4, 0.5) is 5.69 Å². The summed E-state index contributed by atoms with van der Waals surface area (Å²) in [5.74, 6) is 1.29. The molecule has 1 aliphatic heterocycles. The van der Waals surface area contributed by atoms with Gasteiger partial charge in [-0.2, -0.15) is 0 Å². The van der Waals surface area contributed by atoms with Crippen LogP contribution in [0.25, 0.3) is 0 Å². The van der Waals surface area contributed by atoms with Gasteiger partial charge in [0.15, 0.2) is 0 Å². The van der Waals surface area contributed by atoms with Crippen LogP contribution in [0.5, 0.6) is 0 Å². The molecule has 0 aliphatic carbocycles. The van der Waals surface area contributed by atoms with Gasteiger partial charge in [-0.25, -0.2) is 0 Å². The fourth-order valence-corrected chi connectivity index (χ4v) is 3.84. The third kappa shape index (κ3) is 1.69. The van der Waals surface area contributed by atoms with E-state index >= 15 is 0 Å². The van der Waals surface area contributed by atoms with Crippen molar-refractivity contribution in [2.45, 2.75) is 0 Å². The molecule has 1 atom stereocenters. The highest BCUT2D eigenvalue weighted by molar-refractivity contribution is 8.50. The van der Waals surface area contributed by atoms with Crippen molar-refractivity contribution in [1.82, 2.24) is 0 Å². The van der Waals surface area contributed by atoms with Gasteiger partial charge in [-0.3, -0.25) is 0 Å². The summed E-state index contributed by atoms with van der Waals surface area (Å²) in [7, 11) is 0.927. The number of para-hydroxylation sites is 1. The summed E-state index contributed by atoms with van der Waals surface area (Å²) in [5.41, 5.74) is 1.37. The molecular weight excluding hydrogens is 173 g/mol. The minimum Gasteiger partial charge on any atom is -0.343 e. The number of rotatable bonds is 1. The number of anilines is 1. The van der Waals surface area contributed by atoms with Gasteiger partial charge in [0.05, 0.1) is 0 Å². The summed E-state index contributed by atoms with van der Waals surface area (Å²) < 4.78 is 2.44. The SMILES string of the molecule is c1ccc(N2CCSP2)cc1. The van der Waals surface area contributed by atoms with Gasteiger partial charge in [0.1, 0.15) is 0 Å². The molecule has 1 fully saturated rings. The Morgan fingerprint density at radius 1 is 1.27 bits per heavy atom. The van der Waals surface area contributed by atoms with Gasteiger partial charge in [-0.15, -0.1) is 11.4 Å². The average molecular weight is 183 g/mol. The molecule has 1 aromatic rings. The smallest absolute Gasteiger partial charge is 0.0403 e. The van der Waals surface area contributed by atoms with Gasteiger partial charge >= 0.3 is 0 Å². The Bertz CT molecular complexity index is 221. The van der Waals surface area contributed by atoms with Crippen LogP contribution in [0.1, 0.15) is 0 Å². The number of hydrogen-bond acceptors (Lipinski definition) is 2. The quantitative estimate of drug-likeness (QED) is 0.616. The van der Waals surface area contributed by atoms with Crippen molar-refractivity contribution in [3.8, 4) is 0 Å². The zero-order valence-electron chi connectivity index (χ0n) is 6.16. The molecule has 0 radical (unpaired) electrons. The van der Waals surface area contributed by atoms with E-state index in [1.54, 1.807) is 0 Å². The van der Waals surface area contributed by atoms with Crippen LogP contribution >= 0.6 is 19.3 Å². The predicted octanol–water partition coefficient (Wildman–Crippen LogP) is 2.75. The molecule has 1 nitrogen and oxygen atoms in total. The molecule has 0 amide bonds. The van der Waals surface area contributed by atoms with Crippen molar-refractivity contribution < 1.29 is 0 Å². The first-order valence-electron chi connectivity index (χ1n) is 3.67. The molecule has 0 saturated carbocycles. The van der Waals surface area contributed by atoms with Crippen molar-refractivity contribution >= 4 is 25.0 Å². The molecular formula is C8H10NPS. The van der Waals surface area contributed by atoms with Gasteiger partial charge in [0.25, 0.3) is 0 Å². The third-order valence-electron chi connectivity index (χ3n) is 1.66. The maximum atomic E-state index is 2.44. The lowest BCUT2D eigenvalue weighted by Crippen LogP contribution is -2.08. The predicted molar refractivity (Wildman–Crippen MR) is 54.6 cm³/mol. The van der Waals surface area contributed by atoms with Crippen molar-refractivity contribution in [3.05, 3.63) is 30.3 Å². The van der Waals surface area contributed by atoms with E-state index in [0.29, 0.717) is 0 Å². The lowest BCUT2D eigenvalue weighted by Gasteiger charge is -2.15. The van der Waals surface area contributed by atoms with Crippen LogP contribution in [0, 0.1) is 0 Å². The summed E-state index contributed by atoms with van der Waals surface area (Å²) in [6.07, 6.45) is 0. The Kier molecular flexibility index (Phi) is 2.35. The Balaban J connectivity index is 2.16. The van der Waals surface area contributed by atoms with Crippen LogP contribution in [-0.2, 0) is 0 Å². The molecule has 0 aromatic heterocycles. The molecule has 1 heterocycles. The van der Waals surface area contributed by atoms with Gasteiger partial charge in [-0.1, -0.05) is 18.2 Å². The first-order valence-corrected chi connectivity index (χ1v) is 6.32. The Morgan fingerprint density at radius 3 is 2.73 bits per heavy atom. The molecule has 58 valence electrons. The largest absolute Gasteiger partial charge is 0.343 e. The monoisotopic (exact) mass is 183 g/mol. The molecule has 0 spiro atoms. The average Bonchev–Trinajstić information content (AvgIpc) is 2.58. The van der Waals surface area contributed by atoms with Crippen LogP contribution in [0.3, 0.4) is 0 Å². The first-order chi connectivity index (χ1) is 5.47. The van der Waals surface area contributed by atoms with Crippen molar-refractivity contribution in [3.63, 3.8) is 0 Å². The van der Waals surface area contributed by atoms with Gasteiger partial charge in [-0.05, 0) is 12.1 Å². The van der Waals surface area contributed by atoms with E-state index in [-0.39, 0.29) is 0 Å². The van der Waals surface area contributed by atoms with Gasteiger partial charge in [0, 0.05) is 25.9 Å². The highest BCUT2D eigenvalue weighted by Crippen LogP contribution is 2.42. The molecule has 0 N–H and O–H groups in total. The van der Waals surface area contributed by atoms with E-state index in [4.69, 9.17) is 0 Å². The van der Waals surface area contributed by atoms with Crippen molar-refractivity contribution in [1.29, 1.82) is 0 Å². The highest BCUT2D eigenvalue weighted by Gasteiger charge is 2.11. The van der Waals surface area contributed by atoms with E-state index in [9.17, 15) is 0 Å². The van der Waals surface area contributed by atoms with Crippen LogP contribution in [-0.4, -0.2) is 12.3 Å². The van der Waals surface area contributed by atoms with Crippen LogP contribution in [0.15, 0.2) is 30.3 Å². The number of nitrogens with zero attached hydrogens (tertiary/aromatic N) is 1. The fraction of sp³-hybridized carbons (Fsp3) is 0.250. The van der Waals surface area contributed by atoms with E-state index in [1.165, 1.54) is 18.0 Å². The van der Waals surface area contributed by atoms with Crippen LogP contribution < -0.4 is 4.67 Å². The highest BCUT2D eigenvalue weighted by atomic mass is 32.7. The second kappa shape index (κ2) is 3.46. The van der Waals surface area contributed by atoms with E-state index in [0.717, 1.165) is 7.93 Å². The Morgan fingerprint density at radius 2 is 2.09 bits per heavy atom. The van der Waals surface area contributed by atoms with E-state index in [1.807, 2.05) is 11.4 Å². The summed E-state index contributed by atoms with van der Waals surface area (Å²) in [6, 6.07) is 10.6. The zero-order chi connectivity index (χ0) is 7.52. The molecule has 3 heteroatoms. The van der Waals surface area contributed by atoms with Crippen LogP contribution in [0.2, 0.25) is 0 Å². The number of benzene rings is 1. The minimum absolute atomic E-state index is 0.927. The molecule has 11 heavy (non-hydrogen) atoms. The lowest BCUT2D eigenvalue weighted by molar-refractivity contribution is 1.14. The summed E-state index contributed by atoms with van der Waals surface area (Å²) in [6.45, 7) is 1.22. The van der Waals surface area contributed by atoms with E-state index < -0.39 is 0 Å². The second-order valence-electron chi connectivity index (χ2n) is 2.43. The normalized spacial score (nSPS) is 19.5. The molecule has 0 bridgehead atoms. The molecule has 1 aromatic carbocycles. The van der Waals surface area contributed by atoms with Crippen molar-refractivity contribution in [2.24, 2.45) is 0 Å². The summed E-state index contributed by atoms with van der Waals surface area (Å²) in [5, 5.41) is 0. The fourth-order valence-electron chi connectivity index (χ4n) is 1.10. The third-order valence-corrected chi connectivity index (χ3v) is 4.54. The van der Waals surface area contributed by atoms with E-state index in [2.05, 4.69) is 35.0 Å². The maximum absolute atomic E-state index is 2.44. The molecule has 1 saturated heterocycles. The summed E-state index contributed by atoms with van der Waals surface area (Å²) >= 11 is 2.03. The standard InChI is InChI=1S/C8H10NPS/c1-2-4-8(5-3-1)9-6-7-11-10-9/h1-5,10H,6-7H2. The first kappa shape index (κ1) is 7.45. The van der Waals surface area contributed by atoms with Crippen molar-refractivity contribution in [2.75, 3.05) is 17.0 Å². The molecule has 1 unspecified atom stereocenters. The Hall–Kier alpha value is -0.200. The zero-order valence-corrected chi connectivity index (χ0v) is 7.97. The topological polar surface area (TPSA) is 3.24 Å². The van der Waals surface area contributed by atoms with Gasteiger partial charge < -0.3 is 4.67 Å². The number of hydrogen-bond donors (Lipinski definition) is 0. The second-order valence-corrected chi connectivity index (χ2v) is 5.26.